The first-order valence-corrected chi connectivity index (χ1v) is 12.7. The summed E-state index contributed by atoms with van der Waals surface area (Å²) in [6.07, 6.45) is 2.46. The largest absolute Gasteiger partial charge is 0.481 e. The Morgan fingerprint density at radius 1 is 1.13 bits per heavy atom. The van der Waals surface area contributed by atoms with Crippen LogP contribution in [-0.2, 0) is 31.9 Å². The number of nitrogens with two attached hydrogens (primary N) is 1. The third-order valence-electron chi connectivity index (χ3n) is 5.92. The SMILES string of the molecule is CCNCCOCCOC(=O)[C@H](CCC(=O)O)NC(=O)c1ccc(CCc2c[nH]c3nc(N)[nH]c(=O)c23)cc1. The Hall–Kier alpha value is -4.23. The maximum Gasteiger partial charge on any atom is 0.328 e. The number of hydrogen-bond donors (Lipinski definition) is 6. The van der Waals surface area contributed by atoms with Gasteiger partial charge in [-0.1, -0.05) is 19.1 Å². The van der Waals surface area contributed by atoms with E-state index in [0.717, 1.165) is 17.7 Å². The zero-order chi connectivity index (χ0) is 28.2. The molecule has 0 bridgehead atoms. The van der Waals surface area contributed by atoms with Crippen LogP contribution < -0.4 is 21.9 Å². The van der Waals surface area contributed by atoms with E-state index in [1.807, 2.05) is 6.92 Å². The molecule has 0 spiro atoms. The van der Waals surface area contributed by atoms with Crippen molar-refractivity contribution in [2.24, 2.45) is 0 Å². The Morgan fingerprint density at radius 2 is 1.90 bits per heavy atom. The monoisotopic (exact) mass is 542 g/mol. The smallest absolute Gasteiger partial charge is 0.328 e. The Bertz CT molecular complexity index is 1320. The summed E-state index contributed by atoms with van der Waals surface area (Å²) in [6.45, 7) is 4.13. The predicted molar refractivity (Wildman–Crippen MR) is 143 cm³/mol. The van der Waals surface area contributed by atoms with Gasteiger partial charge in [-0.15, -0.1) is 0 Å². The molecule has 1 aromatic carbocycles. The fourth-order valence-electron chi connectivity index (χ4n) is 3.90. The lowest BCUT2D eigenvalue weighted by Gasteiger charge is -2.17. The van der Waals surface area contributed by atoms with Crippen LogP contribution in [0, 0.1) is 0 Å². The Balaban J connectivity index is 1.54. The molecule has 0 saturated carbocycles. The Kier molecular flexibility index (Phi) is 11.0. The highest BCUT2D eigenvalue weighted by molar-refractivity contribution is 5.96. The molecule has 7 N–H and O–H groups in total. The molecule has 0 aliphatic heterocycles. The van der Waals surface area contributed by atoms with E-state index in [0.29, 0.717) is 42.6 Å². The van der Waals surface area contributed by atoms with Gasteiger partial charge in [0, 0.05) is 24.7 Å². The number of carboxylic acids is 1. The highest BCUT2D eigenvalue weighted by Crippen LogP contribution is 2.16. The number of aliphatic carboxylic acids is 1. The van der Waals surface area contributed by atoms with Crippen LogP contribution in [0.4, 0.5) is 5.95 Å². The van der Waals surface area contributed by atoms with Crippen LogP contribution in [0.25, 0.3) is 11.0 Å². The molecular formula is C26H34N6O7. The molecule has 1 atom stereocenters. The standard InChI is InChI=1S/C26H34N6O7/c1-2-28-11-12-38-13-14-39-25(37)19(9-10-20(33)34)30-23(35)17-6-3-16(4-7-17)5-8-18-15-29-22-21(18)24(36)32-26(27)31-22/h3-4,6-7,15,19,28H,2,5,8-14H2,1H3,(H,30,35)(H,33,34)(H4,27,29,31,32,36)/t19-/m0/s1. The number of carbonyl (C=O) groups is 3. The number of likely N-dealkylation sites (N-methyl/N-ethyl adjacent to an activating group) is 1. The number of rotatable bonds is 16. The summed E-state index contributed by atoms with van der Waals surface area (Å²) in [6, 6.07) is 5.68. The van der Waals surface area contributed by atoms with E-state index in [2.05, 4.69) is 25.6 Å². The molecule has 1 amide bonds. The minimum atomic E-state index is -1.11. The molecule has 2 heterocycles. The van der Waals surface area contributed by atoms with Crippen molar-refractivity contribution in [3.8, 4) is 0 Å². The number of benzene rings is 1. The second-order valence-electron chi connectivity index (χ2n) is 8.78. The van der Waals surface area contributed by atoms with Crippen molar-refractivity contribution in [1.82, 2.24) is 25.6 Å². The van der Waals surface area contributed by atoms with Gasteiger partial charge in [-0.25, -0.2) is 4.79 Å². The minimum absolute atomic E-state index is 0.00909. The summed E-state index contributed by atoms with van der Waals surface area (Å²) in [4.78, 5) is 58.1. The number of aromatic nitrogens is 3. The van der Waals surface area contributed by atoms with E-state index in [1.165, 1.54) is 0 Å². The van der Waals surface area contributed by atoms with Crippen LogP contribution in [0.3, 0.4) is 0 Å². The van der Waals surface area contributed by atoms with Crippen LogP contribution in [-0.4, -0.2) is 76.9 Å². The Labute approximate surface area is 224 Å². The van der Waals surface area contributed by atoms with Crippen molar-refractivity contribution in [1.29, 1.82) is 0 Å². The number of hydrogen-bond acceptors (Lipinski definition) is 9. The van der Waals surface area contributed by atoms with Crippen molar-refractivity contribution in [2.75, 3.05) is 38.6 Å². The number of fused-ring (bicyclic) bond motifs is 1. The maximum absolute atomic E-state index is 12.8. The molecule has 0 saturated heterocycles. The number of anilines is 1. The predicted octanol–water partition coefficient (Wildman–Crippen LogP) is 0.751. The summed E-state index contributed by atoms with van der Waals surface area (Å²) in [5.41, 5.74) is 7.72. The van der Waals surface area contributed by atoms with Gasteiger partial charge in [0.1, 0.15) is 18.3 Å². The topological polar surface area (TPSA) is 202 Å². The number of esters is 1. The van der Waals surface area contributed by atoms with E-state index >= 15 is 0 Å². The van der Waals surface area contributed by atoms with Gasteiger partial charge in [-0.2, -0.15) is 4.98 Å². The molecular weight excluding hydrogens is 508 g/mol. The minimum Gasteiger partial charge on any atom is -0.481 e. The quantitative estimate of drug-likeness (QED) is 0.111. The van der Waals surface area contributed by atoms with Crippen molar-refractivity contribution >= 4 is 34.8 Å². The number of ether oxygens (including phenoxy) is 2. The van der Waals surface area contributed by atoms with E-state index in [1.54, 1.807) is 30.5 Å². The number of H-pyrrole nitrogens is 2. The first-order chi connectivity index (χ1) is 18.8. The van der Waals surface area contributed by atoms with E-state index in [9.17, 15) is 19.2 Å². The van der Waals surface area contributed by atoms with E-state index in [-0.39, 0.29) is 37.6 Å². The summed E-state index contributed by atoms with van der Waals surface area (Å²) < 4.78 is 10.5. The third kappa shape index (κ3) is 8.93. The molecule has 0 fully saturated rings. The molecule has 0 radical (unpaired) electrons. The second kappa shape index (κ2) is 14.6. The number of aryl methyl sites for hydroxylation is 2. The van der Waals surface area contributed by atoms with Crippen LogP contribution >= 0.6 is 0 Å². The van der Waals surface area contributed by atoms with Gasteiger partial charge in [-0.05, 0) is 49.1 Å². The van der Waals surface area contributed by atoms with E-state index < -0.39 is 23.9 Å². The maximum atomic E-state index is 12.8. The van der Waals surface area contributed by atoms with Gasteiger partial charge in [-0.3, -0.25) is 19.4 Å². The molecule has 3 aromatic rings. The number of nitrogen functional groups attached to an aromatic ring is 1. The summed E-state index contributed by atoms with van der Waals surface area (Å²) in [5, 5.41) is 15.2. The molecule has 13 nitrogen and oxygen atoms in total. The zero-order valence-electron chi connectivity index (χ0n) is 21.7. The van der Waals surface area contributed by atoms with Gasteiger partial charge in [0.15, 0.2) is 0 Å². The fourth-order valence-corrected chi connectivity index (χ4v) is 3.90. The fraction of sp³-hybridized carbons (Fsp3) is 0.423. The summed E-state index contributed by atoms with van der Waals surface area (Å²) in [5.74, 6) is -2.29. The Morgan fingerprint density at radius 3 is 2.62 bits per heavy atom. The lowest BCUT2D eigenvalue weighted by molar-refractivity contribution is -0.148. The number of amides is 1. The number of nitrogens with zero attached hydrogens (tertiary/aromatic N) is 1. The van der Waals surface area contributed by atoms with Crippen molar-refractivity contribution in [3.05, 3.63) is 57.5 Å². The van der Waals surface area contributed by atoms with Crippen LogP contribution in [0.1, 0.15) is 41.3 Å². The van der Waals surface area contributed by atoms with Gasteiger partial charge < -0.3 is 35.9 Å². The number of carboxylic acid groups (broad SMARTS) is 1. The third-order valence-corrected chi connectivity index (χ3v) is 5.92. The normalized spacial score (nSPS) is 11.8. The van der Waals surface area contributed by atoms with Crippen LogP contribution in [0.2, 0.25) is 0 Å². The lowest BCUT2D eigenvalue weighted by atomic mass is 10.0. The summed E-state index contributed by atoms with van der Waals surface area (Å²) >= 11 is 0. The lowest BCUT2D eigenvalue weighted by Crippen LogP contribution is -2.42. The summed E-state index contributed by atoms with van der Waals surface area (Å²) in [7, 11) is 0. The number of nitrogens with one attached hydrogen (secondary N) is 4. The first kappa shape index (κ1) is 29.3. The average Bonchev–Trinajstić information content (AvgIpc) is 3.32. The number of carbonyl (C=O) groups excluding carboxylic acids is 2. The van der Waals surface area contributed by atoms with E-state index in [4.69, 9.17) is 20.3 Å². The molecule has 3 rings (SSSR count). The first-order valence-electron chi connectivity index (χ1n) is 12.7. The second-order valence-corrected chi connectivity index (χ2v) is 8.78. The van der Waals surface area contributed by atoms with Crippen molar-refractivity contribution < 1.29 is 29.0 Å². The zero-order valence-corrected chi connectivity index (χ0v) is 21.7. The van der Waals surface area contributed by atoms with Crippen LogP contribution in [0.15, 0.2) is 35.3 Å². The molecule has 39 heavy (non-hydrogen) atoms. The van der Waals surface area contributed by atoms with Crippen LogP contribution in [0.5, 0.6) is 0 Å². The van der Waals surface area contributed by atoms with Gasteiger partial charge in [0.25, 0.3) is 11.5 Å². The molecule has 0 aliphatic carbocycles. The number of aromatic amines is 2. The highest BCUT2D eigenvalue weighted by atomic mass is 16.6. The van der Waals surface area contributed by atoms with Crippen molar-refractivity contribution in [3.63, 3.8) is 0 Å². The molecule has 2 aromatic heterocycles. The van der Waals surface area contributed by atoms with Gasteiger partial charge in [0.2, 0.25) is 5.95 Å². The molecule has 13 heteroatoms. The molecule has 210 valence electrons. The van der Waals surface area contributed by atoms with Gasteiger partial charge in [0.05, 0.1) is 18.6 Å². The highest BCUT2D eigenvalue weighted by Gasteiger charge is 2.24. The molecule has 0 unspecified atom stereocenters. The molecule has 0 aliphatic rings. The van der Waals surface area contributed by atoms with Crippen molar-refractivity contribution in [2.45, 2.75) is 38.6 Å². The average molecular weight is 543 g/mol. The van der Waals surface area contributed by atoms with Gasteiger partial charge >= 0.3 is 11.9 Å².